The van der Waals surface area contributed by atoms with Crippen LogP contribution in [0.3, 0.4) is 0 Å². The Labute approximate surface area is 112 Å². The molecule has 3 N–H and O–H groups in total. The van der Waals surface area contributed by atoms with E-state index in [0.717, 1.165) is 43.9 Å². The number of morpholine rings is 1. The molecule has 102 valence electrons. The Hall–Kier alpha value is -1.59. The highest BCUT2D eigenvalue weighted by atomic mass is 16.5. The fourth-order valence-electron chi connectivity index (χ4n) is 2.76. The fourth-order valence-corrected chi connectivity index (χ4v) is 2.76. The fraction of sp³-hybridized carbons (Fsp3) is 0.500. The first-order chi connectivity index (χ1) is 9.24. The molecule has 0 bridgehead atoms. The Kier molecular flexibility index (Phi) is 3.40. The zero-order chi connectivity index (χ0) is 13.2. The van der Waals surface area contributed by atoms with Crippen LogP contribution in [-0.2, 0) is 11.2 Å². The Morgan fingerprint density at radius 2 is 2.32 bits per heavy atom. The van der Waals surface area contributed by atoms with Gasteiger partial charge in [-0.2, -0.15) is 0 Å². The normalized spacial score (nSPS) is 25.7. The zero-order valence-electron chi connectivity index (χ0n) is 10.7. The molecular formula is C14H18N2O3. The topological polar surface area (TPSA) is 73.6 Å². The Morgan fingerprint density at radius 3 is 3.05 bits per heavy atom. The van der Waals surface area contributed by atoms with Crippen molar-refractivity contribution in [1.82, 2.24) is 5.32 Å². The molecule has 0 aliphatic carbocycles. The summed E-state index contributed by atoms with van der Waals surface area (Å²) < 4.78 is 11.6. The van der Waals surface area contributed by atoms with Gasteiger partial charge in [-0.15, -0.1) is 0 Å². The van der Waals surface area contributed by atoms with Crippen molar-refractivity contribution in [3.63, 3.8) is 0 Å². The predicted octanol–water partition coefficient (Wildman–Crippen LogP) is 0.467. The smallest absolute Gasteiger partial charge is 0.249 e. The van der Waals surface area contributed by atoms with Crippen molar-refractivity contribution >= 4 is 5.91 Å². The van der Waals surface area contributed by atoms with Gasteiger partial charge in [0.25, 0.3) is 0 Å². The van der Waals surface area contributed by atoms with Crippen LogP contribution in [0.2, 0.25) is 0 Å². The van der Waals surface area contributed by atoms with E-state index in [1.165, 1.54) is 0 Å². The van der Waals surface area contributed by atoms with Gasteiger partial charge in [0.15, 0.2) is 0 Å². The lowest BCUT2D eigenvalue weighted by Gasteiger charge is -2.25. The van der Waals surface area contributed by atoms with Crippen molar-refractivity contribution in [3.8, 4) is 5.75 Å². The maximum atomic E-state index is 11.4. The molecule has 3 rings (SSSR count). The number of hydrogen-bond donors (Lipinski definition) is 2. The number of carbonyl (C=O) groups excluding carboxylic acids is 1. The molecule has 1 aromatic carbocycles. The van der Waals surface area contributed by atoms with E-state index >= 15 is 0 Å². The van der Waals surface area contributed by atoms with Gasteiger partial charge in [0, 0.05) is 37.1 Å². The molecule has 1 fully saturated rings. The largest absolute Gasteiger partial charge is 0.490 e. The van der Waals surface area contributed by atoms with Crippen molar-refractivity contribution in [2.45, 2.75) is 25.0 Å². The second-order valence-corrected chi connectivity index (χ2v) is 5.02. The highest BCUT2D eigenvalue weighted by Gasteiger charge is 2.29. The van der Waals surface area contributed by atoms with Crippen LogP contribution in [0, 0.1) is 0 Å². The molecule has 5 heteroatoms. The maximum absolute atomic E-state index is 11.4. The van der Waals surface area contributed by atoms with Crippen molar-refractivity contribution in [2.24, 2.45) is 5.73 Å². The molecule has 0 aromatic heterocycles. The Bertz CT molecular complexity index is 484. The third kappa shape index (κ3) is 2.57. The number of nitrogens with one attached hydrogen (secondary N) is 1. The average molecular weight is 262 g/mol. The highest BCUT2D eigenvalue weighted by Crippen LogP contribution is 2.33. The van der Waals surface area contributed by atoms with E-state index < -0.39 is 5.91 Å². The molecule has 1 aromatic rings. The van der Waals surface area contributed by atoms with Crippen LogP contribution in [0.25, 0.3) is 0 Å². The monoisotopic (exact) mass is 262 g/mol. The first kappa shape index (κ1) is 12.4. The molecule has 1 amide bonds. The molecule has 19 heavy (non-hydrogen) atoms. The number of nitrogens with two attached hydrogens (primary N) is 1. The molecule has 2 atom stereocenters. The van der Waals surface area contributed by atoms with Gasteiger partial charge >= 0.3 is 0 Å². The zero-order valence-corrected chi connectivity index (χ0v) is 10.7. The van der Waals surface area contributed by atoms with Crippen LogP contribution in [-0.4, -0.2) is 37.8 Å². The quantitative estimate of drug-likeness (QED) is 0.830. The minimum atomic E-state index is -0.392. The summed E-state index contributed by atoms with van der Waals surface area (Å²) in [6, 6.07) is 5.45. The molecule has 1 saturated heterocycles. The lowest BCUT2D eigenvalue weighted by molar-refractivity contribution is 0.00376. The number of amides is 1. The van der Waals surface area contributed by atoms with Crippen molar-refractivity contribution in [3.05, 3.63) is 29.3 Å². The van der Waals surface area contributed by atoms with Gasteiger partial charge in [-0.1, -0.05) is 6.07 Å². The number of primary amides is 1. The van der Waals surface area contributed by atoms with Gasteiger partial charge in [-0.25, -0.2) is 0 Å². The molecule has 0 saturated carbocycles. The van der Waals surface area contributed by atoms with Crippen LogP contribution >= 0.6 is 0 Å². The van der Waals surface area contributed by atoms with Crippen LogP contribution in [0.1, 0.15) is 22.3 Å². The summed E-state index contributed by atoms with van der Waals surface area (Å²) in [5.74, 6) is 0.391. The summed E-state index contributed by atoms with van der Waals surface area (Å²) in [6.45, 7) is 2.52. The van der Waals surface area contributed by atoms with Gasteiger partial charge in [0.05, 0.1) is 12.7 Å². The minimum absolute atomic E-state index is 0.0698. The predicted molar refractivity (Wildman–Crippen MR) is 70.3 cm³/mol. The summed E-state index contributed by atoms with van der Waals surface area (Å²) in [5.41, 5.74) is 6.89. The summed E-state index contributed by atoms with van der Waals surface area (Å²) in [4.78, 5) is 11.4. The van der Waals surface area contributed by atoms with Gasteiger partial charge in [0.1, 0.15) is 11.9 Å². The molecule has 0 spiro atoms. The van der Waals surface area contributed by atoms with Gasteiger partial charge in [-0.3, -0.25) is 4.79 Å². The number of carbonyl (C=O) groups is 1. The SMILES string of the molecule is NC(=O)c1cccc2c1CC(CC1CNCCO1)O2. The number of ether oxygens (including phenoxy) is 2. The van der Waals surface area contributed by atoms with Crippen LogP contribution in [0.15, 0.2) is 18.2 Å². The van der Waals surface area contributed by atoms with Crippen molar-refractivity contribution in [1.29, 1.82) is 0 Å². The van der Waals surface area contributed by atoms with Crippen LogP contribution in [0.5, 0.6) is 5.75 Å². The molecule has 2 aliphatic rings. The van der Waals surface area contributed by atoms with E-state index in [-0.39, 0.29) is 12.2 Å². The highest BCUT2D eigenvalue weighted by molar-refractivity contribution is 5.95. The minimum Gasteiger partial charge on any atom is -0.490 e. The van der Waals surface area contributed by atoms with Crippen LogP contribution in [0.4, 0.5) is 0 Å². The summed E-state index contributed by atoms with van der Waals surface area (Å²) in [5, 5.41) is 3.30. The van der Waals surface area contributed by atoms with Crippen molar-refractivity contribution < 1.29 is 14.3 Å². The molecular weight excluding hydrogens is 244 g/mol. The standard InChI is InChI=1S/C14H18N2O3/c15-14(17)11-2-1-3-13-12(11)7-9(19-13)6-10-8-16-4-5-18-10/h1-3,9-10,16H,4-8H2,(H2,15,17). The van der Waals surface area contributed by atoms with Crippen LogP contribution < -0.4 is 15.8 Å². The summed E-state index contributed by atoms with van der Waals surface area (Å²) >= 11 is 0. The van der Waals surface area contributed by atoms with E-state index in [1.54, 1.807) is 12.1 Å². The lowest BCUT2D eigenvalue weighted by atomic mass is 10.00. The summed E-state index contributed by atoms with van der Waals surface area (Å²) in [7, 11) is 0. The van der Waals surface area contributed by atoms with Gasteiger partial charge in [-0.05, 0) is 12.1 Å². The summed E-state index contributed by atoms with van der Waals surface area (Å²) in [6.07, 6.45) is 1.82. The Morgan fingerprint density at radius 1 is 1.42 bits per heavy atom. The molecule has 2 heterocycles. The van der Waals surface area contributed by atoms with E-state index in [0.29, 0.717) is 5.56 Å². The van der Waals surface area contributed by atoms with E-state index in [1.807, 2.05) is 6.07 Å². The third-order valence-corrected chi connectivity index (χ3v) is 3.65. The number of benzene rings is 1. The second kappa shape index (κ2) is 5.19. The molecule has 2 unspecified atom stereocenters. The number of rotatable bonds is 3. The molecule has 2 aliphatic heterocycles. The van der Waals surface area contributed by atoms with Gasteiger partial charge in [0.2, 0.25) is 5.91 Å². The maximum Gasteiger partial charge on any atom is 0.249 e. The number of hydrogen-bond acceptors (Lipinski definition) is 4. The first-order valence-electron chi connectivity index (χ1n) is 6.64. The van der Waals surface area contributed by atoms with E-state index in [4.69, 9.17) is 15.2 Å². The first-order valence-corrected chi connectivity index (χ1v) is 6.64. The Balaban J connectivity index is 1.69. The lowest BCUT2D eigenvalue weighted by Crippen LogP contribution is -2.40. The van der Waals surface area contributed by atoms with Crippen molar-refractivity contribution in [2.75, 3.05) is 19.7 Å². The van der Waals surface area contributed by atoms with E-state index in [9.17, 15) is 4.79 Å². The number of fused-ring (bicyclic) bond motifs is 1. The van der Waals surface area contributed by atoms with Gasteiger partial charge < -0.3 is 20.5 Å². The molecule has 5 nitrogen and oxygen atoms in total. The third-order valence-electron chi connectivity index (χ3n) is 3.65. The molecule has 0 radical (unpaired) electrons. The average Bonchev–Trinajstić information content (AvgIpc) is 2.81. The second-order valence-electron chi connectivity index (χ2n) is 5.02. The van der Waals surface area contributed by atoms with E-state index in [2.05, 4.69) is 5.32 Å².